The monoisotopic (exact) mass is 277 g/mol. The van der Waals surface area contributed by atoms with Crippen molar-refractivity contribution < 1.29 is 9.47 Å². The highest BCUT2D eigenvalue weighted by Crippen LogP contribution is 2.17. The van der Waals surface area contributed by atoms with Crippen LogP contribution >= 0.6 is 12.2 Å². The number of rotatable bonds is 6. The first kappa shape index (κ1) is 13.7. The summed E-state index contributed by atoms with van der Waals surface area (Å²) in [7, 11) is 1.64. The number of hydrogen-bond acceptors (Lipinski definition) is 4. The number of fused-ring (bicyclic) bond motifs is 1. The highest BCUT2D eigenvalue weighted by atomic mass is 32.1. The van der Waals surface area contributed by atoms with E-state index >= 15 is 0 Å². The van der Waals surface area contributed by atoms with Crippen molar-refractivity contribution in [3.8, 4) is 6.07 Å². The van der Waals surface area contributed by atoms with Crippen molar-refractivity contribution >= 4 is 23.3 Å². The molecule has 19 heavy (non-hydrogen) atoms. The molecule has 5 nitrogen and oxygen atoms in total. The van der Waals surface area contributed by atoms with Crippen LogP contribution in [0.15, 0.2) is 18.2 Å². The summed E-state index contributed by atoms with van der Waals surface area (Å²) in [6.45, 7) is 2.35. The zero-order valence-electron chi connectivity index (χ0n) is 10.7. The Morgan fingerprint density at radius 2 is 2.21 bits per heavy atom. The van der Waals surface area contributed by atoms with Gasteiger partial charge in [-0.25, -0.2) is 0 Å². The number of para-hydroxylation sites is 1. The maximum atomic E-state index is 9.06. The van der Waals surface area contributed by atoms with Gasteiger partial charge in [0, 0.05) is 13.7 Å². The third-order valence-electron chi connectivity index (χ3n) is 2.82. The average Bonchev–Trinajstić information content (AvgIpc) is 2.74. The molecular weight excluding hydrogens is 262 g/mol. The molecule has 1 aromatic heterocycles. The second kappa shape index (κ2) is 6.48. The summed E-state index contributed by atoms with van der Waals surface area (Å²) >= 11 is 5.28. The van der Waals surface area contributed by atoms with Gasteiger partial charge in [-0.1, -0.05) is 6.07 Å². The summed E-state index contributed by atoms with van der Waals surface area (Å²) in [6, 6.07) is 7.72. The number of nitrogens with one attached hydrogen (secondary N) is 1. The summed E-state index contributed by atoms with van der Waals surface area (Å²) in [5.74, 6) is 0. The number of H-pyrrole nitrogens is 1. The van der Waals surface area contributed by atoms with Gasteiger partial charge in [0.2, 0.25) is 0 Å². The van der Waals surface area contributed by atoms with Gasteiger partial charge in [0.1, 0.15) is 6.07 Å². The Morgan fingerprint density at radius 3 is 2.95 bits per heavy atom. The standard InChI is InChI=1S/C13H15N3O2S/c1-17-7-8-18-6-5-16-11-4-2-3-10(9-14)12(11)15-13(16)19/h2-4H,5-8H2,1H3,(H,15,19). The fourth-order valence-electron chi connectivity index (χ4n) is 1.90. The highest BCUT2D eigenvalue weighted by Gasteiger charge is 2.07. The van der Waals surface area contributed by atoms with Crippen molar-refractivity contribution in [3.05, 3.63) is 28.5 Å². The maximum absolute atomic E-state index is 9.06. The van der Waals surface area contributed by atoms with E-state index in [0.717, 1.165) is 11.0 Å². The lowest BCUT2D eigenvalue weighted by molar-refractivity contribution is 0.0668. The van der Waals surface area contributed by atoms with E-state index < -0.39 is 0 Å². The van der Waals surface area contributed by atoms with Gasteiger partial charge in [-0.05, 0) is 24.4 Å². The number of ether oxygens (including phenoxy) is 2. The van der Waals surface area contributed by atoms with Crippen LogP contribution in [0.4, 0.5) is 0 Å². The van der Waals surface area contributed by atoms with Gasteiger partial charge in [0.15, 0.2) is 4.77 Å². The van der Waals surface area contributed by atoms with Crippen molar-refractivity contribution in [2.24, 2.45) is 0 Å². The van der Waals surface area contributed by atoms with Crippen LogP contribution in [0.1, 0.15) is 5.56 Å². The number of benzene rings is 1. The minimum Gasteiger partial charge on any atom is -0.382 e. The second-order valence-corrected chi connectivity index (χ2v) is 4.39. The molecule has 0 radical (unpaired) electrons. The Labute approximate surface area is 116 Å². The third-order valence-corrected chi connectivity index (χ3v) is 3.14. The van der Waals surface area contributed by atoms with Gasteiger partial charge >= 0.3 is 0 Å². The minimum absolute atomic E-state index is 0.557. The predicted molar refractivity (Wildman–Crippen MR) is 74.5 cm³/mol. The number of methoxy groups -OCH3 is 1. The van der Waals surface area contributed by atoms with Crippen molar-refractivity contribution in [1.82, 2.24) is 9.55 Å². The van der Waals surface area contributed by atoms with Gasteiger partial charge in [0.05, 0.1) is 36.4 Å². The first-order chi connectivity index (χ1) is 9.27. The van der Waals surface area contributed by atoms with Gasteiger partial charge in [-0.3, -0.25) is 0 Å². The Morgan fingerprint density at radius 1 is 1.37 bits per heavy atom. The number of aromatic nitrogens is 2. The van der Waals surface area contributed by atoms with E-state index in [0.29, 0.717) is 36.7 Å². The summed E-state index contributed by atoms with van der Waals surface area (Å²) in [5, 5.41) is 9.06. The molecule has 100 valence electrons. The van der Waals surface area contributed by atoms with Crippen LogP contribution in [-0.2, 0) is 16.0 Å². The smallest absolute Gasteiger partial charge is 0.178 e. The van der Waals surface area contributed by atoms with E-state index in [1.807, 2.05) is 16.7 Å². The molecule has 2 rings (SSSR count). The van der Waals surface area contributed by atoms with Crippen molar-refractivity contribution in [2.75, 3.05) is 26.9 Å². The number of hydrogen-bond donors (Lipinski definition) is 1. The van der Waals surface area contributed by atoms with E-state index in [2.05, 4.69) is 11.1 Å². The molecule has 0 spiro atoms. The van der Waals surface area contributed by atoms with Gasteiger partial charge in [-0.2, -0.15) is 5.26 Å². The van der Waals surface area contributed by atoms with Crippen LogP contribution in [0.2, 0.25) is 0 Å². The number of nitriles is 1. The lowest BCUT2D eigenvalue weighted by Gasteiger charge is -2.06. The highest BCUT2D eigenvalue weighted by molar-refractivity contribution is 7.71. The van der Waals surface area contributed by atoms with E-state index in [4.69, 9.17) is 27.0 Å². The van der Waals surface area contributed by atoms with Crippen molar-refractivity contribution in [2.45, 2.75) is 6.54 Å². The summed E-state index contributed by atoms with van der Waals surface area (Å²) in [5.41, 5.74) is 2.31. The third kappa shape index (κ3) is 3.01. The summed E-state index contributed by atoms with van der Waals surface area (Å²) in [4.78, 5) is 3.07. The van der Waals surface area contributed by atoms with Crippen molar-refractivity contribution in [1.29, 1.82) is 5.26 Å². The van der Waals surface area contributed by atoms with E-state index in [1.54, 1.807) is 13.2 Å². The molecule has 1 aromatic carbocycles. The maximum Gasteiger partial charge on any atom is 0.178 e. The van der Waals surface area contributed by atoms with E-state index in [9.17, 15) is 0 Å². The zero-order valence-corrected chi connectivity index (χ0v) is 11.5. The minimum atomic E-state index is 0.557. The van der Waals surface area contributed by atoms with Crippen LogP contribution in [-0.4, -0.2) is 36.5 Å². The van der Waals surface area contributed by atoms with E-state index in [1.165, 1.54) is 0 Å². The molecule has 0 aliphatic rings. The summed E-state index contributed by atoms with van der Waals surface area (Å²) < 4.78 is 12.9. The fourth-order valence-corrected chi connectivity index (χ4v) is 2.19. The molecule has 2 aromatic rings. The molecule has 0 fully saturated rings. The topological polar surface area (TPSA) is 63.0 Å². The Balaban J connectivity index is 2.17. The Kier molecular flexibility index (Phi) is 4.68. The molecule has 0 aliphatic heterocycles. The molecule has 0 amide bonds. The number of nitrogens with zero attached hydrogens (tertiary/aromatic N) is 2. The number of aromatic amines is 1. The molecule has 0 unspecified atom stereocenters. The average molecular weight is 277 g/mol. The predicted octanol–water partition coefficient (Wildman–Crippen LogP) is 2.23. The quantitative estimate of drug-likeness (QED) is 0.649. The first-order valence-electron chi connectivity index (χ1n) is 5.96. The molecule has 0 atom stereocenters. The van der Waals surface area contributed by atoms with Gasteiger partial charge in [-0.15, -0.1) is 0 Å². The lowest BCUT2D eigenvalue weighted by Crippen LogP contribution is -2.09. The molecule has 0 saturated heterocycles. The van der Waals surface area contributed by atoms with Crippen LogP contribution in [0.3, 0.4) is 0 Å². The molecule has 0 saturated carbocycles. The first-order valence-corrected chi connectivity index (χ1v) is 6.37. The van der Waals surface area contributed by atoms with Crippen LogP contribution < -0.4 is 0 Å². The van der Waals surface area contributed by atoms with Crippen molar-refractivity contribution in [3.63, 3.8) is 0 Å². The normalized spacial score (nSPS) is 10.7. The Bertz CT molecular complexity index is 654. The fraction of sp³-hybridized carbons (Fsp3) is 0.385. The second-order valence-electron chi connectivity index (χ2n) is 4.00. The summed E-state index contributed by atoms with van der Waals surface area (Å²) in [6.07, 6.45) is 0. The molecule has 1 N–H and O–H groups in total. The zero-order chi connectivity index (χ0) is 13.7. The number of imidazole rings is 1. The SMILES string of the molecule is COCCOCCn1c(=S)[nH]c2c(C#N)cccc21. The molecule has 6 heteroatoms. The molecule has 0 bridgehead atoms. The van der Waals surface area contributed by atoms with Gasteiger partial charge < -0.3 is 19.0 Å². The van der Waals surface area contributed by atoms with Gasteiger partial charge in [0.25, 0.3) is 0 Å². The van der Waals surface area contributed by atoms with Crippen LogP contribution in [0.25, 0.3) is 11.0 Å². The lowest BCUT2D eigenvalue weighted by atomic mass is 10.2. The Hall–Kier alpha value is -1.68. The molecule has 1 heterocycles. The van der Waals surface area contributed by atoms with Crippen LogP contribution in [0.5, 0.6) is 0 Å². The largest absolute Gasteiger partial charge is 0.382 e. The molecule has 0 aliphatic carbocycles. The molecular formula is C13H15N3O2S. The van der Waals surface area contributed by atoms with Crippen LogP contribution in [0, 0.1) is 16.1 Å². The van der Waals surface area contributed by atoms with E-state index in [-0.39, 0.29) is 0 Å².